The van der Waals surface area contributed by atoms with Crippen LogP contribution in [-0.2, 0) is 10.0 Å². The van der Waals surface area contributed by atoms with Crippen LogP contribution < -0.4 is 10.1 Å². The second kappa shape index (κ2) is 8.67. The first-order chi connectivity index (χ1) is 12.9. The summed E-state index contributed by atoms with van der Waals surface area (Å²) < 4.78 is 28.1. The molecule has 0 bridgehead atoms. The van der Waals surface area contributed by atoms with Crippen molar-refractivity contribution in [3.8, 4) is 0 Å². The minimum absolute atomic E-state index is 0.163. The summed E-state index contributed by atoms with van der Waals surface area (Å²) in [6.45, 7) is 0. The Morgan fingerprint density at radius 2 is 1.56 bits per heavy atom. The highest BCUT2D eigenvalue weighted by Gasteiger charge is 2.14. The zero-order valence-corrected chi connectivity index (χ0v) is 17.0. The largest absolute Gasteiger partial charge is 0.280 e. The first kappa shape index (κ1) is 19.6. The fourth-order valence-corrected chi connectivity index (χ4v) is 4.11. The summed E-state index contributed by atoms with van der Waals surface area (Å²) in [4.78, 5) is 12.3. The molecule has 0 aliphatic heterocycles. The second-order valence-corrected chi connectivity index (χ2v) is 8.91. The Kier molecular flexibility index (Phi) is 6.28. The number of hydrogen-bond acceptors (Lipinski definition) is 4. The van der Waals surface area contributed by atoms with Crippen molar-refractivity contribution >= 4 is 43.3 Å². The summed E-state index contributed by atoms with van der Waals surface area (Å²) in [6, 6.07) is 12.6. The normalized spacial score (nSPS) is 14.5. The highest BCUT2D eigenvalue weighted by molar-refractivity contribution is 9.10. The van der Waals surface area contributed by atoms with Gasteiger partial charge in [-0.2, -0.15) is 5.10 Å². The van der Waals surface area contributed by atoms with E-state index in [4.69, 9.17) is 0 Å². The molecule has 0 atom stereocenters. The first-order valence-corrected chi connectivity index (χ1v) is 11.0. The molecule has 1 aliphatic rings. The Labute approximate surface area is 167 Å². The number of sulfonamides is 1. The maximum absolute atomic E-state index is 12.4. The van der Waals surface area contributed by atoms with Crippen molar-refractivity contribution in [2.45, 2.75) is 37.0 Å². The molecule has 0 spiro atoms. The predicted octanol–water partition coefficient (Wildman–Crippen LogP) is 4.30. The minimum Gasteiger partial charge on any atom is -0.280 e. The Morgan fingerprint density at radius 1 is 0.926 bits per heavy atom. The summed E-state index contributed by atoms with van der Waals surface area (Å²) in [7, 11) is -3.68. The van der Waals surface area contributed by atoms with Crippen molar-refractivity contribution in [2.75, 3.05) is 4.72 Å². The number of anilines is 1. The van der Waals surface area contributed by atoms with E-state index in [1.54, 1.807) is 36.4 Å². The number of rotatable bonds is 5. The molecule has 0 aromatic heterocycles. The van der Waals surface area contributed by atoms with Crippen molar-refractivity contribution in [3.63, 3.8) is 0 Å². The van der Waals surface area contributed by atoms with Gasteiger partial charge in [0, 0.05) is 21.4 Å². The predicted molar refractivity (Wildman–Crippen MR) is 109 cm³/mol. The van der Waals surface area contributed by atoms with Crippen molar-refractivity contribution in [2.24, 2.45) is 5.10 Å². The van der Waals surface area contributed by atoms with Crippen molar-refractivity contribution in [1.82, 2.24) is 5.43 Å². The van der Waals surface area contributed by atoms with E-state index in [0.717, 1.165) is 35.9 Å². The fourth-order valence-electron chi connectivity index (χ4n) is 2.78. The lowest BCUT2D eigenvalue weighted by molar-refractivity contribution is 0.0954. The summed E-state index contributed by atoms with van der Waals surface area (Å²) >= 11 is 3.28. The molecule has 27 heavy (non-hydrogen) atoms. The highest BCUT2D eigenvalue weighted by Crippen LogP contribution is 2.19. The van der Waals surface area contributed by atoms with Crippen LogP contribution in [0.15, 0.2) is 63.0 Å². The van der Waals surface area contributed by atoms with Gasteiger partial charge in [0.05, 0.1) is 4.90 Å². The van der Waals surface area contributed by atoms with E-state index >= 15 is 0 Å². The van der Waals surface area contributed by atoms with Gasteiger partial charge in [-0.05, 0) is 74.2 Å². The number of hydrogen-bond donors (Lipinski definition) is 2. The van der Waals surface area contributed by atoms with E-state index in [1.807, 2.05) is 0 Å². The van der Waals surface area contributed by atoms with Crippen LogP contribution in [0.5, 0.6) is 0 Å². The van der Waals surface area contributed by atoms with Crippen LogP contribution in [0.4, 0.5) is 5.69 Å². The lowest BCUT2D eigenvalue weighted by Crippen LogP contribution is -2.20. The third kappa shape index (κ3) is 5.40. The van der Waals surface area contributed by atoms with Gasteiger partial charge in [-0.1, -0.05) is 22.4 Å². The van der Waals surface area contributed by atoms with Gasteiger partial charge in [0.25, 0.3) is 15.9 Å². The van der Waals surface area contributed by atoms with Crippen LogP contribution in [0.3, 0.4) is 0 Å². The molecule has 8 heteroatoms. The molecule has 2 N–H and O–H groups in total. The van der Waals surface area contributed by atoms with Crippen molar-refractivity contribution in [3.05, 3.63) is 58.6 Å². The molecule has 2 aromatic rings. The first-order valence-electron chi connectivity index (χ1n) is 8.68. The molecule has 1 amide bonds. The highest BCUT2D eigenvalue weighted by atomic mass is 79.9. The van der Waals surface area contributed by atoms with Gasteiger partial charge in [-0.3, -0.25) is 9.52 Å². The standard InChI is InChI=1S/C19H20BrN3O3S/c20-15-8-12-18(13-9-15)27(25,26)23-17-10-6-14(7-11-17)19(24)22-21-16-4-2-1-3-5-16/h6-13,23H,1-5H2,(H,22,24). The number of carbonyl (C=O) groups excluding carboxylic acids is 1. The van der Waals surface area contributed by atoms with Gasteiger partial charge in [-0.25, -0.2) is 13.8 Å². The molecule has 0 heterocycles. The Balaban J connectivity index is 1.64. The van der Waals surface area contributed by atoms with Gasteiger partial charge in [-0.15, -0.1) is 0 Å². The second-order valence-electron chi connectivity index (χ2n) is 6.32. The SMILES string of the molecule is O=C(NN=C1CCCCC1)c1ccc(NS(=O)(=O)c2ccc(Br)cc2)cc1. The Bertz CT molecular complexity index is 931. The third-order valence-electron chi connectivity index (χ3n) is 4.27. The molecule has 1 fully saturated rings. The van der Waals surface area contributed by atoms with Gasteiger partial charge in [0.1, 0.15) is 0 Å². The summed E-state index contributed by atoms with van der Waals surface area (Å²) in [5, 5.41) is 4.19. The monoisotopic (exact) mass is 449 g/mol. The summed E-state index contributed by atoms with van der Waals surface area (Å²) in [5.41, 5.74) is 4.40. The van der Waals surface area contributed by atoms with E-state index in [2.05, 4.69) is 31.2 Å². The van der Waals surface area contributed by atoms with E-state index in [1.165, 1.54) is 18.6 Å². The van der Waals surface area contributed by atoms with Gasteiger partial charge in [0.15, 0.2) is 0 Å². The van der Waals surface area contributed by atoms with Crippen molar-refractivity contribution in [1.29, 1.82) is 0 Å². The third-order valence-corrected chi connectivity index (χ3v) is 6.20. The van der Waals surface area contributed by atoms with Crippen molar-refractivity contribution < 1.29 is 13.2 Å². The summed E-state index contributed by atoms with van der Waals surface area (Å²) in [5.74, 6) is -0.310. The van der Waals surface area contributed by atoms with Crippen LogP contribution in [0.2, 0.25) is 0 Å². The Hall–Kier alpha value is -2.19. The maximum Gasteiger partial charge on any atom is 0.271 e. The van der Waals surface area contributed by atoms with Gasteiger partial charge in [0.2, 0.25) is 0 Å². The molecule has 0 saturated heterocycles. The topological polar surface area (TPSA) is 87.6 Å². The fraction of sp³-hybridized carbons (Fsp3) is 0.263. The number of amides is 1. The molecule has 1 saturated carbocycles. The van der Waals surface area contributed by atoms with Crippen LogP contribution in [0.1, 0.15) is 42.5 Å². The number of hydrazone groups is 1. The van der Waals surface area contributed by atoms with E-state index in [9.17, 15) is 13.2 Å². The van der Waals surface area contributed by atoms with Crippen LogP contribution in [-0.4, -0.2) is 20.0 Å². The number of nitrogens with zero attached hydrogens (tertiary/aromatic N) is 1. The molecule has 0 unspecified atom stereocenters. The molecule has 1 aliphatic carbocycles. The van der Waals surface area contributed by atoms with Gasteiger partial charge >= 0.3 is 0 Å². The molecular weight excluding hydrogens is 430 g/mol. The summed E-state index contributed by atoms with van der Waals surface area (Å²) in [6.07, 6.45) is 5.29. The van der Waals surface area contributed by atoms with Crippen LogP contribution >= 0.6 is 15.9 Å². The molecule has 6 nitrogen and oxygen atoms in total. The zero-order valence-electron chi connectivity index (χ0n) is 14.6. The lowest BCUT2D eigenvalue weighted by atomic mass is 9.99. The number of nitrogens with one attached hydrogen (secondary N) is 2. The molecule has 142 valence electrons. The number of carbonyl (C=O) groups is 1. The van der Waals surface area contributed by atoms with E-state index in [0.29, 0.717) is 11.3 Å². The average molecular weight is 450 g/mol. The van der Waals surface area contributed by atoms with E-state index < -0.39 is 10.0 Å². The van der Waals surface area contributed by atoms with Crippen LogP contribution in [0, 0.1) is 0 Å². The van der Waals surface area contributed by atoms with Gasteiger partial charge < -0.3 is 0 Å². The molecular formula is C19H20BrN3O3S. The zero-order chi connectivity index (χ0) is 19.3. The Morgan fingerprint density at radius 3 is 2.19 bits per heavy atom. The number of benzene rings is 2. The lowest BCUT2D eigenvalue weighted by Gasteiger charge is -2.12. The quantitative estimate of drug-likeness (QED) is 0.666. The van der Waals surface area contributed by atoms with Crippen LogP contribution in [0.25, 0.3) is 0 Å². The maximum atomic E-state index is 12.4. The average Bonchev–Trinajstić information content (AvgIpc) is 2.67. The van der Waals surface area contributed by atoms with E-state index in [-0.39, 0.29) is 10.8 Å². The smallest absolute Gasteiger partial charge is 0.271 e. The minimum atomic E-state index is -3.68. The molecule has 2 aromatic carbocycles. The molecule has 3 rings (SSSR count). The number of halogens is 1. The molecule has 0 radical (unpaired) electrons.